The third-order valence-electron chi connectivity index (χ3n) is 5.79. The van der Waals surface area contributed by atoms with Gasteiger partial charge in [-0.1, -0.05) is 6.07 Å². The van der Waals surface area contributed by atoms with Gasteiger partial charge in [-0.2, -0.15) is 12.7 Å². The average molecular weight is 401 g/mol. The number of rotatable bonds is 4. The summed E-state index contributed by atoms with van der Waals surface area (Å²) in [5.74, 6) is -0.0886. The van der Waals surface area contributed by atoms with Crippen LogP contribution in [0.4, 0.5) is 0 Å². The number of hydrogen-bond donors (Lipinski definition) is 0. The van der Waals surface area contributed by atoms with Gasteiger partial charge in [0.15, 0.2) is 5.78 Å². The fourth-order valence-corrected chi connectivity index (χ4v) is 5.07. The minimum atomic E-state index is -3.62. The van der Waals surface area contributed by atoms with Crippen LogP contribution in [0.2, 0.25) is 0 Å². The number of imidazole rings is 1. The minimum absolute atomic E-state index is 0.111. The summed E-state index contributed by atoms with van der Waals surface area (Å²) >= 11 is 0. The van der Waals surface area contributed by atoms with Gasteiger partial charge in [0.25, 0.3) is 0 Å². The molecule has 3 aromatic heterocycles. The van der Waals surface area contributed by atoms with Gasteiger partial charge < -0.3 is 4.40 Å². The Morgan fingerprint density at radius 2 is 2.00 bits per heavy atom. The summed E-state index contributed by atoms with van der Waals surface area (Å²) in [7, 11) is -0.643. The van der Waals surface area contributed by atoms with Crippen LogP contribution in [0.5, 0.6) is 0 Å². The van der Waals surface area contributed by atoms with Gasteiger partial charge in [-0.25, -0.2) is 8.96 Å². The van der Waals surface area contributed by atoms with E-state index in [2.05, 4.69) is 11.9 Å². The smallest absolute Gasteiger partial charge is 0.308 e. The summed E-state index contributed by atoms with van der Waals surface area (Å²) in [6.45, 7) is 3.80. The first-order chi connectivity index (χ1) is 13.2. The lowest BCUT2D eigenvalue weighted by Crippen LogP contribution is -2.29. The van der Waals surface area contributed by atoms with E-state index in [0.717, 1.165) is 33.9 Å². The molecule has 0 N–H and O–H groups in total. The molecule has 0 fully saturated rings. The molecule has 0 bridgehead atoms. The van der Waals surface area contributed by atoms with Crippen molar-refractivity contribution in [2.45, 2.75) is 33.1 Å². The van der Waals surface area contributed by atoms with Crippen LogP contribution in [0.1, 0.15) is 39.4 Å². The summed E-state index contributed by atoms with van der Waals surface area (Å²) in [5.41, 5.74) is 5.35. The van der Waals surface area contributed by atoms with Gasteiger partial charge in [-0.15, -0.1) is 0 Å². The highest BCUT2D eigenvalue weighted by Crippen LogP contribution is 2.33. The zero-order chi connectivity index (χ0) is 20.2. The van der Waals surface area contributed by atoms with Crippen LogP contribution >= 0.6 is 0 Å². The Labute approximate surface area is 164 Å². The molecule has 8 heteroatoms. The number of aromatic nitrogens is 3. The van der Waals surface area contributed by atoms with Gasteiger partial charge in [0.05, 0.1) is 17.1 Å². The number of nitrogens with zero attached hydrogens (tertiary/aromatic N) is 4. The molecule has 1 aliphatic rings. The van der Waals surface area contributed by atoms with Gasteiger partial charge in [0, 0.05) is 38.1 Å². The van der Waals surface area contributed by atoms with E-state index >= 15 is 0 Å². The molecule has 148 valence electrons. The maximum Gasteiger partial charge on any atom is 0.308 e. The van der Waals surface area contributed by atoms with E-state index in [1.807, 2.05) is 28.8 Å². The number of hydrogen-bond acceptors (Lipinski definition) is 4. The first-order valence-electron chi connectivity index (χ1n) is 9.32. The lowest BCUT2D eigenvalue weighted by atomic mass is 9.82. The zero-order valence-corrected chi connectivity index (χ0v) is 17.3. The second-order valence-electron chi connectivity index (χ2n) is 7.57. The third kappa shape index (κ3) is 2.70. The third-order valence-corrected chi connectivity index (χ3v) is 7.58. The topological polar surface area (TPSA) is 76.7 Å². The van der Waals surface area contributed by atoms with E-state index in [-0.39, 0.29) is 11.7 Å². The van der Waals surface area contributed by atoms with Crippen molar-refractivity contribution < 1.29 is 13.2 Å². The van der Waals surface area contributed by atoms with Crippen molar-refractivity contribution >= 4 is 21.5 Å². The molecule has 28 heavy (non-hydrogen) atoms. The monoisotopic (exact) mass is 400 g/mol. The Morgan fingerprint density at radius 1 is 1.25 bits per heavy atom. The fraction of sp³-hybridized carbons (Fsp3) is 0.400. The second-order valence-corrected chi connectivity index (χ2v) is 9.59. The summed E-state index contributed by atoms with van der Waals surface area (Å²) < 4.78 is 29.1. The van der Waals surface area contributed by atoms with E-state index < -0.39 is 10.2 Å². The first-order valence-corrected chi connectivity index (χ1v) is 10.7. The number of aryl methyl sites for hydroxylation is 1. The van der Waals surface area contributed by atoms with Gasteiger partial charge in [0.1, 0.15) is 6.33 Å². The largest absolute Gasteiger partial charge is 0.313 e. The highest BCUT2D eigenvalue weighted by molar-refractivity contribution is 7.87. The van der Waals surface area contributed by atoms with Crippen LogP contribution in [-0.4, -0.2) is 46.0 Å². The Bertz CT molecular complexity index is 1190. The molecule has 1 atom stereocenters. The van der Waals surface area contributed by atoms with Crippen LogP contribution in [-0.2, 0) is 23.1 Å². The summed E-state index contributed by atoms with van der Waals surface area (Å²) in [6.07, 6.45) is 5.30. The van der Waals surface area contributed by atoms with Crippen LogP contribution < -0.4 is 0 Å². The maximum atomic E-state index is 13.3. The molecule has 1 unspecified atom stereocenters. The number of fused-ring (bicyclic) bond motifs is 3. The summed E-state index contributed by atoms with van der Waals surface area (Å²) in [4.78, 5) is 17.6. The Kier molecular flexibility index (Phi) is 4.43. The molecular formula is C20H24N4O3S. The molecule has 0 radical (unpaired) electrons. The molecule has 3 heterocycles. The molecule has 0 spiro atoms. The van der Waals surface area contributed by atoms with Crippen LogP contribution in [0.15, 0.2) is 30.7 Å². The highest BCUT2D eigenvalue weighted by atomic mass is 32.2. The molecular weight excluding hydrogens is 376 g/mol. The standard InChI is InChI=1S/C20H24N4O3S/c1-13-16-9-8-15(20(25)19(16)23-10-6-5-7-18(13)23)11-17-14(2)24(12-21-17)28(26,27)22(3)4/h5-7,10,12,15H,8-9,11H2,1-4H3. The zero-order valence-electron chi connectivity index (χ0n) is 16.5. The molecule has 1 aliphatic carbocycles. The van der Waals surface area contributed by atoms with Crippen molar-refractivity contribution in [3.63, 3.8) is 0 Å². The van der Waals surface area contributed by atoms with Gasteiger partial charge >= 0.3 is 10.2 Å². The Balaban J connectivity index is 1.68. The lowest BCUT2D eigenvalue weighted by Gasteiger charge is -2.22. The van der Waals surface area contributed by atoms with Gasteiger partial charge in [-0.3, -0.25) is 4.79 Å². The molecule has 0 saturated heterocycles. The predicted octanol–water partition coefficient (Wildman–Crippen LogP) is 2.39. The fourth-order valence-electron chi connectivity index (χ4n) is 4.10. The minimum Gasteiger partial charge on any atom is -0.313 e. The predicted molar refractivity (Wildman–Crippen MR) is 107 cm³/mol. The van der Waals surface area contributed by atoms with Crippen molar-refractivity contribution in [1.29, 1.82) is 0 Å². The Hall–Kier alpha value is -2.45. The maximum absolute atomic E-state index is 13.3. The molecule has 0 saturated carbocycles. The van der Waals surface area contributed by atoms with E-state index in [0.29, 0.717) is 17.8 Å². The molecule has 0 aromatic carbocycles. The molecule has 0 amide bonds. The molecule has 0 aliphatic heterocycles. The molecule has 3 aromatic rings. The van der Waals surface area contributed by atoms with Crippen molar-refractivity contribution in [2.24, 2.45) is 5.92 Å². The number of ketones is 1. The van der Waals surface area contributed by atoms with E-state index in [4.69, 9.17) is 0 Å². The van der Waals surface area contributed by atoms with Crippen molar-refractivity contribution in [3.8, 4) is 0 Å². The van der Waals surface area contributed by atoms with E-state index in [1.54, 1.807) is 6.92 Å². The first kappa shape index (κ1) is 18.9. The SMILES string of the molecule is Cc1c2c(n3ccccc13)C(=O)C(Cc1ncn(S(=O)(=O)N(C)C)c1C)CC2. The molecule has 7 nitrogen and oxygen atoms in total. The summed E-state index contributed by atoms with van der Waals surface area (Å²) in [6, 6.07) is 5.95. The summed E-state index contributed by atoms with van der Waals surface area (Å²) in [5, 5.41) is 0. The Morgan fingerprint density at radius 3 is 2.71 bits per heavy atom. The lowest BCUT2D eigenvalue weighted by molar-refractivity contribution is 0.0894. The average Bonchev–Trinajstić information content (AvgIpc) is 3.17. The normalized spacial score (nSPS) is 17.5. The van der Waals surface area contributed by atoms with Crippen LogP contribution in [0, 0.1) is 19.8 Å². The van der Waals surface area contributed by atoms with Gasteiger partial charge in [-0.05, 0) is 49.9 Å². The van der Waals surface area contributed by atoms with Crippen molar-refractivity contribution in [1.82, 2.24) is 17.7 Å². The highest BCUT2D eigenvalue weighted by Gasteiger charge is 2.33. The quantitative estimate of drug-likeness (QED) is 0.674. The number of pyridine rings is 1. The van der Waals surface area contributed by atoms with Crippen molar-refractivity contribution in [3.05, 3.63) is 58.9 Å². The number of carbonyl (C=O) groups excluding carboxylic acids is 1. The van der Waals surface area contributed by atoms with E-state index in [9.17, 15) is 13.2 Å². The number of Topliss-reactive ketones (excluding diaryl/α,β-unsaturated/α-hetero) is 1. The number of carbonyl (C=O) groups is 1. The van der Waals surface area contributed by atoms with E-state index in [1.165, 1.54) is 30.0 Å². The van der Waals surface area contributed by atoms with Crippen molar-refractivity contribution in [2.75, 3.05) is 14.1 Å². The van der Waals surface area contributed by atoms with Gasteiger partial charge in [0.2, 0.25) is 0 Å². The van der Waals surface area contributed by atoms with Crippen LogP contribution in [0.25, 0.3) is 5.52 Å². The van der Waals surface area contributed by atoms with Crippen LogP contribution in [0.3, 0.4) is 0 Å². The second kappa shape index (κ2) is 6.56. The molecule has 4 rings (SSSR count).